The van der Waals surface area contributed by atoms with Gasteiger partial charge < -0.3 is 14.4 Å². The third kappa shape index (κ3) is 5.51. The van der Waals surface area contributed by atoms with Gasteiger partial charge in [0.2, 0.25) is 0 Å². The number of nitrogens with zero attached hydrogens (tertiary/aromatic N) is 1. The zero-order chi connectivity index (χ0) is 24.3. The molecule has 0 unspecified atom stereocenters. The predicted molar refractivity (Wildman–Crippen MR) is 127 cm³/mol. The van der Waals surface area contributed by atoms with Crippen molar-refractivity contribution in [3.05, 3.63) is 76.9 Å². The molecule has 0 aliphatic heterocycles. The van der Waals surface area contributed by atoms with Crippen molar-refractivity contribution in [2.45, 2.75) is 40.7 Å². The molecule has 174 valence electrons. The first-order chi connectivity index (χ1) is 15.6. The minimum absolute atomic E-state index is 0.215. The van der Waals surface area contributed by atoms with Crippen LogP contribution in [0.1, 0.15) is 30.5 Å². The van der Waals surface area contributed by atoms with E-state index in [1.54, 1.807) is 56.1 Å². The molecule has 0 heterocycles. The molecule has 0 atom stereocenters. The maximum absolute atomic E-state index is 15.7. The molecule has 6 heteroatoms. The number of ether oxygens (including phenoxy) is 2. The van der Waals surface area contributed by atoms with E-state index in [0.717, 1.165) is 22.4 Å². The van der Waals surface area contributed by atoms with Crippen LogP contribution in [-0.4, -0.2) is 25.7 Å². The summed E-state index contributed by atoms with van der Waals surface area (Å²) in [6.45, 7) is 9.00. The first-order valence-corrected chi connectivity index (χ1v) is 10.8. The summed E-state index contributed by atoms with van der Waals surface area (Å²) in [5.74, 6) is -0.805. The van der Waals surface area contributed by atoms with E-state index in [0.29, 0.717) is 22.6 Å². The van der Waals surface area contributed by atoms with Crippen LogP contribution in [0.5, 0.6) is 5.75 Å². The molecule has 0 amide bonds. The Labute approximate surface area is 193 Å². The van der Waals surface area contributed by atoms with Gasteiger partial charge in [-0.1, -0.05) is 18.2 Å². The third-order valence-corrected chi connectivity index (χ3v) is 5.33. The second-order valence-electron chi connectivity index (χ2n) is 8.40. The topological polar surface area (TPSA) is 38.8 Å². The molecule has 3 aromatic carbocycles. The number of carbonyl (C=O) groups is 1. The minimum Gasteiger partial charge on any atom is -0.482 e. The average Bonchev–Trinajstić information content (AvgIpc) is 2.74. The Morgan fingerprint density at radius 2 is 1.76 bits per heavy atom. The van der Waals surface area contributed by atoms with Gasteiger partial charge in [-0.2, -0.15) is 0 Å². The van der Waals surface area contributed by atoms with E-state index in [1.165, 1.54) is 12.1 Å². The van der Waals surface area contributed by atoms with Crippen molar-refractivity contribution in [2.75, 3.05) is 18.6 Å². The van der Waals surface area contributed by atoms with Crippen molar-refractivity contribution in [1.29, 1.82) is 0 Å². The van der Waals surface area contributed by atoms with Gasteiger partial charge in [0.15, 0.2) is 12.4 Å². The Morgan fingerprint density at radius 3 is 2.42 bits per heavy atom. The van der Waals surface area contributed by atoms with Crippen molar-refractivity contribution < 1.29 is 23.0 Å². The minimum atomic E-state index is -0.454. The van der Waals surface area contributed by atoms with E-state index in [4.69, 9.17) is 9.47 Å². The highest BCUT2D eigenvalue weighted by Crippen LogP contribution is 2.39. The Hall–Kier alpha value is -3.41. The fourth-order valence-corrected chi connectivity index (χ4v) is 3.90. The van der Waals surface area contributed by atoms with Crippen molar-refractivity contribution >= 4 is 17.3 Å². The van der Waals surface area contributed by atoms with E-state index in [9.17, 15) is 9.18 Å². The van der Waals surface area contributed by atoms with Gasteiger partial charge in [-0.3, -0.25) is 0 Å². The number of hydrogen-bond acceptors (Lipinski definition) is 4. The van der Waals surface area contributed by atoms with Gasteiger partial charge in [-0.05, 0) is 81.6 Å². The third-order valence-electron chi connectivity index (χ3n) is 5.33. The first kappa shape index (κ1) is 24.2. The lowest BCUT2D eigenvalue weighted by Gasteiger charge is -2.27. The summed E-state index contributed by atoms with van der Waals surface area (Å²) >= 11 is 0. The van der Waals surface area contributed by atoms with Crippen LogP contribution in [0.25, 0.3) is 11.1 Å². The van der Waals surface area contributed by atoms with Crippen LogP contribution in [0.15, 0.2) is 48.5 Å². The number of esters is 1. The van der Waals surface area contributed by atoms with Gasteiger partial charge >= 0.3 is 5.97 Å². The molecule has 0 saturated carbocycles. The number of rotatable bonds is 7. The van der Waals surface area contributed by atoms with Crippen molar-refractivity contribution in [3.8, 4) is 16.9 Å². The number of aryl methyl sites for hydroxylation is 2. The molecular weight excluding hydrogens is 424 g/mol. The Bertz CT molecular complexity index is 1170. The van der Waals surface area contributed by atoms with Crippen LogP contribution in [0.4, 0.5) is 20.2 Å². The van der Waals surface area contributed by atoms with Gasteiger partial charge in [-0.25, -0.2) is 13.6 Å². The van der Waals surface area contributed by atoms with E-state index >= 15 is 4.39 Å². The van der Waals surface area contributed by atoms with Crippen molar-refractivity contribution in [2.24, 2.45) is 0 Å². The zero-order valence-electron chi connectivity index (χ0n) is 19.8. The van der Waals surface area contributed by atoms with Crippen LogP contribution < -0.4 is 9.64 Å². The van der Waals surface area contributed by atoms with Crippen LogP contribution in [0, 0.1) is 32.4 Å². The fourth-order valence-electron chi connectivity index (χ4n) is 3.90. The highest BCUT2D eigenvalue weighted by molar-refractivity contribution is 5.77. The molecule has 0 aliphatic carbocycles. The van der Waals surface area contributed by atoms with Gasteiger partial charge in [0, 0.05) is 18.2 Å². The van der Waals surface area contributed by atoms with Crippen LogP contribution in [0.2, 0.25) is 0 Å². The van der Waals surface area contributed by atoms with Gasteiger partial charge in [-0.15, -0.1) is 0 Å². The van der Waals surface area contributed by atoms with Crippen LogP contribution >= 0.6 is 0 Å². The molecule has 0 spiro atoms. The van der Waals surface area contributed by atoms with Crippen molar-refractivity contribution in [1.82, 2.24) is 0 Å². The fraction of sp³-hybridized carbons (Fsp3) is 0.296. The Balaban J connectivity index is 2.00. The number of halogens is 2. The summed E-state index contributed by atoms with van der Waals surface area (Å²) in [7, 11) is 1.78. The summed E-state index contributed by atoms with van der Waals surface area (Å²) in [4.78, 5) is 13.6. The standard InChI is InChI=1S/C27H29F2NO3/c1-16(2)33-25(31)15-32-24-11-10-18(4)27(19(24)5)30(6)23-13-17(3)12-22(26(23)29)20-8-7-9-21(28)14-20/h7-14,16H,15H2,1-6H3. The van der Waals surface area contributed by atoms with Gasteiger partial charge in [0.1, 0.15) is 11.6 Å². The molecule has 0 fully saturated rings. The summed E-state index contributed by atoms with van der Waals surface area (Å²) in [6.07, 6.45) is -0.224. The molecule has 3 rings (SSSR count). The second-order valence-corrected chi connectivity index (χ2v) is 8.40. The number of carbonyl (C=O) groups excluding carboxylic acids is 1. The molecule has 0 aromatic heterocycles. The number of benzene rings is 3. The highest BCUT2D eigenvalue weighted by atomic mass is 19.1. The largest absolute Gasteiger partial charge is 0.482 e. The quantitative estimate of drug-likeness (QED) is 0.375. The molecule has 4 nitrogen and oxygen atoms in total. The van der Waals surface area contributed by atoms with E-state index in [2.05, 4.69) is 0 Å². The molecule has 33 heavy (non-hydrogen) atoms. The lowest BCUT2D eigenvalue weighted by molar-refractivity contribution is -0.149. The summed E-state index contributed by atoms with van der Waals surface area (Å²) in [6, 6.07) is 13.0. The second kappa shape index (κ2) is 10.0. The predicted octanol–water partition coefficient (Wildman–Crippen LogP) is 6.66. The molecule has 0 bridgehead atoms. The molecule has 0 saturated heterocycles. The first-order valence-electron chi connectivity index (χ1n) is 10.8. The number of hydrogen-bond donors (Lipinski definition) is 0. The van der Waals surface area contributed by atoms with Gasteiger partial charge in [0.05, 0.1) is 17.5 Å². The molecule has 0 aliphatic rings. The summed E-state index contributed by atoms with van der Waals surface area (Å²) < 4.78 is 40.3. The van der Waals surface area contributed by atoms with Crippen LogP contribution in [-0.2, 0) is 9.53 Å². The SMILES string of the molecule is Cc1cc(-c2cccc(F)c2)c(F)c(N(C)c2c(C)ccc(OCC(=O)OC(C)C)c2C)c1. The zero-order valence-corrected chi connectivity index (χ0v) is 19.8. The maximum Gasteiger partial charge on any atom is 0.344 e. The molecule has 0 radical (unpaired) electrons. The van der Waals surface area contributed by atoms with Crippen LogP contribution in [0.3, 0.4) is 0 Å². The van der Waals surface area contributed by atoms with Gasteiger partial charge in [0.25, 0.3) is 0 Å². The Morgan fingerprint density at radius 1 is 1.03 bits per heavy atom. The molecule has 3 aromatic rings. The maximum atomic E-state index is 15.7. The molecule has 0 N–H and O–H groups in total. The molecular formula is C27H29F2NO3. The smallest absolute Gasteiger partial charge is 0.344 e. The van der Waals surface area contributed by atoms with E-state index < -0.39 is 17.6 Å². The Kier molecular flexibility index (Phi) is 7.36. The highest BCUT2D eigenvalue weighted by Gasteiger charge is 2.20. The summed E-state index contributed by atoms with van der Waals surface area (Å²) in [5, 5.41) is 0. The normalized spacial score (nSPS) is 10.9. The van der Waals surface area contributed by atoms with E-state index in [1.807, 2.05) is 26.8 Å². The lowest BCUT2D eigenvalue weighted by atomic mass is 10.00. The lowest BCUT2D eigenvalue weighted by Crippen LogP contribution is -2.20. The van der Waals surface area contributed by atoms with E-state index in [-0.39, 0.29) is 12.7 Å². The van der Waals surface area contributed by atoms with Crippen molar-refractivity contribution in [3.63, 3.8) is 0 Å². The number of anilines is 2. The monoisotopic (exact) mass is 453 g/mol. The average molecular weight is 454 g/mol. The summed E-state index contributed by atoms with van der Waals surface area (Å²) in [5.41, 5.74) is 4.45.